The van der Waals surface area contributed by atoms with Crippen molar-refractivity contribution in [1.82, 2.24) is 4.90 Å². The maximum Gasteiger partial charge on any atom is 0.134 e. The van der Waals surface area contributed by atoms with Gasteiger partial charge in [-0.25, -0.2) is 0 Å². The van der Waals surface area contributed by atoms with Gasteiger partial charge in [0.25, 0.3) is 0 Å². The molecule has 0 saturated heterocycles. The maximum absolute atomic E-state index is 11.6. The molecular formula is C29H40BrNO. The van der Waals surface area contributed by atoms with Crippen LogP contribution in [0.4, 0.5) is 0 Å². The predicted octanol–water partition coefficient (Wildman–Crippen LogP) is 8.99. The Morgan fingerprint density at radius 1 is 0.750 bits per heavy atom. The van der Waals surface area contributed by atoms with Gasteiger partial charge in [0.1, 0.15) is 6.23 Å². The second-order valence-electron chi connectivity index (χ2n) is 9.09. The van der Waals surface area contributed by atoms with Gasteiger partial charge in [0.15, 0.2) is 0 Å². The zero-order valence-electron chi connectivity index (χ0n) is 20.0. The normalized spacial score (nSPS) is 12.8. The number of aliphatic hydroxyl groups is 1. The number of rotatable bonds is 14. The molecule has 1 unspecified atom stereocenters. The van der Waals surface area contributed by atoms with Crippen molar-refractivity contribution < 1.29 is 5.11 Å². The first-order valence-corrected chi connectivity index (χ1v) is 13.5. The number of hydrogen-bond acceptors (Lipinski definition) is 2. The van der Waals surface area contributed by atoms with Crippen molar-refractivity contribution in [2.75, 3.05) is 13.1 Å². The number of nitrogens with zero attached hydrogens (tertiary/aromatic N) is 1. The largest absolute Gasteiger partial charge is 0.374 e. The van der Waals surface area contributed by atoms with Crippen LogP contribution in [-0.4, -0.2) is 23.1 Å². The third-order valence-electron chi connectivity index (χ3n) is 6.59. The highest BCUT2D eigenvalue weighted by Crippen LogP contribution is 2.37. The lowest BCUT2D eigenvalue weighted by Gasteiger charge is -2.29. The van der Waals surface area contributed by atoms with E-state index in [2.05, 4.69) is 83.2 Å². The van der Waals surface area contributed by atoms with Gasteiger partial charge in [-0.3, -0.25) is 4.90 Å². The Balaban J connectivity index is 1.87. The smallest absolute Gasteiger partial charge is 0.134 e. The van der Waals surface area contributed by atoms with Crippen LogP contribution in [-0.2, 0) is 0 Å². The molecule has 0 heterocycles. The van der Waals surface area contributed by atoms with Crippen LogP contribution in [0.15, 0.2) is 53.0 Å². The van der Waals surface area contributed by atoms with E-state index in [-0.39, 0.29) is 0 Å². The fourth-order valence-electron chi connectivity index (χ4n) is 4.74. The van der Waals surface area contributed by atoms with Crippen molar-refractivity contribution in [3.05, 3.63) is 58.6 Å². The molecule has 3 rings (SSSR count). The average Bonchev–Trinajstić information content (AvgIpc) is 2.82. The highest BCUT2D eigenvalue weighted by molar-refractivity contribution is 9.10. The first kappa shape index (κ1) is 25.2. The van der Waals surface area contributed by atoms with Crippen LogP contribution in [0.2, 0.25) is 0 Å². The van der Waals surface area contributed by atoms with Crippen molar-refractivity contribution in [1.29, 1.82) is 0 Å². The van der Waals surface area contributed by atoms with Crippen LogP contribution in [0.25, 0.3) is 21.5 Å². The molecule has 0 aromatic heterocycles. The van der Waals surface area contributed by atoms with E-state index in [1.165, 1.54) is 72.9 Å². The second kappa shape index (κ2) is 13.3. The van der Waals surface area contributed by atoms with Crippen LogP contribution in [0.3, 0.4) is 0 Å². The van der Waals surface area contributed by atoms with Gasteiger partial charge in [0.05, 0.1) is 0 Å². The van der Waals surface area contributed by atoms with Crippen molar-refractivity contribution in [3.8, 4) is 0 Å². The zero-order valence-corrected chi connectivity index (χ0v) is 21.5. The molecule has 32 heavy (non-hydrogen) atoms. The zero-order chi connectivity index (χ0) is 22.8. The quantitative estimate of drug-likeness (QED) is 0.136. The summed E-state index contributed by atoms with van der Waals surface area (Å²) in [6.45, 7) is 6.44. The Morgan fingerprint density at radius 2 is 1.34 bits per heavy atom. The van der Waals surface area contributed by atoms with E-state index in [1.54, 1.807) is 0 Å². The predicted molar refractivity (Wildman–Crippen MR) is 143 cm³/mol. The molecule has 0 aliphatic heterocycles. The lowest BCUT2D eigenvalue weighted by atomic mass is 9.96. The third-order valence-corrected chi connectivity index (χ3v) is 7.24. The van der Waals surface area contributed by atoms with E-state index in [1.807, 2.05) is 0 Å². The van der Waals surface area contributed by atoms with Crippen molar-refractivity contribution >= 4 is 37.5 Å². The molecule has 1 atom stereocenters. The minimum absolute atomic E-state index is 0.575. The fraction of sp³-hybridized carbons (Fsp3) is 0.517. The lowest BCUT2D eigenvalue weighted by molar-refractivity contribution is 0.000477. The topological polar surface area (TPSA) is 23.5 Å². The van der Waals surface area contributed by atoms with E-state index in [4.69, 9.17) is 0 Å². The van der Waals surface area contributed by atoms with Crippen LogP contribution in [0.1, 0.15) is 89.8 Å². The average molecular weight is 499 g/mol. The lowest BCUT2D eigenvalue weighted by Crippen LogP contribution is -2.31. The molecule has 0 amide bonds. The van der Waals surface area contributed by atoms with Gasteiger partial charge in [-0.1, -0.05) is 124 Å². The molecule has 1 N–H and O–H groups in total. The number of halogens is 1. The molecule has 174 valence electrons. The number of aliphatic hydroxyl groups excluding tert-OH is 1. The molecule has 0 saturated carbocycles. The number of fused-ring (bicyclic) bond motifs is 3. The van der Waals surface area contributed by atoms with Gasteiger partial charge < -0.3 is 5.11 Å². The van der Waals surface area contributed by atoms with Gasteiger partial charge in [-0.2, -0.15) is 0 Å². The Kier molecular flexibility index (Phi) is 10.5. The highest BCUT2D eigenvalue weighted by atomic mass is 79.9. The molecule has 0 aliphatic rings. The molecule has 3 heteroatoms. The van der Waals surface area contributed by atoms with Crippen LogP contribution < -0.4 is 0 Å². The molecule has 3 aromatic carbocycles. The first-order valence-electron chi connectivity index (χ1n) is 12.7. The monoisotopic (exact) mass is 497 g/mol. The Morgan fingerprint density at radius 3 is 2.00 bits per heavy atom. The SMILES string of the molecule is CCCCCCCN(CCCCCCC)C(O)c1cccc2c(Br)cc3ccccc3c12. The van der Waals surface area contributed by atoms with E-state index in [9.17, 15) is 5.11 Å². The van der Waals surface area contributed by atoms with E-state index in [0.717, 1.165) is 36.0 Å². The van der Waals surface area contributed by atoms with Gasteiger partial charge in [-0.05, 0) is 40.5 Å². The van der Waals surface area contributed by atoms with Crippen molar-refractivity contribution in [3.63, 3.8) is 0 Å². The van der Waals surface area contributed by atoms with Crippen LogP contribution in [0.5, 0.6) is 0 Å². The minimum atomic E-state index is -0.575. The van der Waals surface area contributed by atoms with Crippen LogP contribution >= 0.6 is 15.9 Å². The summed E-state index contributed by atoms with van der Waals surface area (Å²) in [5, 5.41) is 16.4. The summed E-state index contributed by atoms with van der Waals surface area (Å²) in [4.78, 5) is 2.32. The fourth-order valence-corrected chi connectivity index (χ4v) is 5.32. The van der Waals surface area contributed by atoms with Gasteiger partial charge >= 0.3 is 0 Å². The molecule has 3 aromatic rings. The first-order chi connectivity index (χ1) is 15.7. The van der Waals surface area contributed by atoms with Gasteiger partial charge in [0.2, 0.25) is 0 Å². The second-order valence-corrected chi connectivity index (χ2v) is 9.94. The molecule has 2 nitrogen and oxygen atoms in total. The standard InChI is InChI=1S/C29H40BrNO/c1-3-5-7-9-13-20-31(21-14-10-8-6-4-2)29(32)26-19-15-18-25-27(30)22-23-16-11-12-17-24(23)28(25)26/h11-12,15-19,22,29,32H,3-10,13-14,20-21H2,1-2H3. The summed E-state index contributed by atoms with van der Waals surface area (Å²) < 4.78 is 1.09. The maximum atomic E-state index is 11.6. The molecule has 0 bridgehead atoms. The summed E-state index contributed by atoms with van der Waals surface area (Å²) in [5.74, 6) is 0. The van der Waals surface area contributed by atoms with E-state index < -0.39 is 6.23 Å². The molecular weight excluding hydrogens is 458 g/mol. The van der Waals surface area contributed by atoms with E-state index in [0.29, 0.717) is 0 Å². The third kappa shape index (κ3) is 6.56. The number of hydrogen-bond donors (Lipinski definition) is 1. The van der Waals surface area contributed by atoms with E-state index >= 15 is 0 Å². The molecule has 0 aliphatic carbocycles. The molecule has 0 fully saturated rings. The summed E-state index contributed by atoms with van der Waals surface area (Å²) in [7, 11) is 0. The summed E-state index contributed by atoms with van der Waals surface area (Å²) in [5.41, 5.74) is 1.03. The van der Waals surface area contributed by atoms with Crippen molar-refractivity contribution in [2.24, 2.45) is 0 Å². The number of unbranched alkanes of at least 4 members (excludes halogenated alkanes) is 8. The van der Waals surface area contributed by atoms with Crippen molar-refractivity contribution in [2.45, 2.75) is 84.3 Å². The van der Waals surface area contributed by atoms with Gasteiger partial charge in [0, 0.05) is 23.1 Å². The number of benzene rings is 3. The van der Waals surface area contributed by atoms with Gasteiger partial charge in [-0.15, -0.1) is 0 Å². The van der Waals surface area contributed by atoms with Crippen LogP contribution in [0, 0.1) is 0 Å². The molecule has 0 radical (unpaired) electrons. The molecule has 0 spiro atoms. The Hall–Kier alpha value is -1.42. The summed E-state index contributed by atoms with van der Waals surface area (Å²) >= 11 is 3.78. The minimum Gasteiger partial charge on any atom is -0.374 e. The Labute approximate surface area is 203 Å². The highest BCUT2D eigenvalue weighted by Gasteiger charge is 2.21. The summed E-state index contributed by atoms with van der Waals surface area (Å²) in [6.07, 6.45) is 12.0. The Bertz CT molecular complexity index is 956. The summed E-state index contributed by atoms with van der Waals surface area (Å²) in [6, 6.07) is 17.1.